The number of hydrogen-bond donors (Lipinski definition) is 2. The van der Waals surface area contributed by atoms with E-state index in [1.807, 2.05) is 25.1 Å². The first-order valence-corrected chi connectivity index (χ1v) is 6.96. The van der Waals surface area contributed by atoms with E-state index in [1.54, 1.807) is 0 Å². The molecule has 1 atom stereocenters. The van der Waals surface area contributed by atoms with Gasteiger partial charge in [-0.05, 0) is 47.7 Å². The minimum atomic E-state index is -0.232. The molecule has 2 aromatic rings. The molecule has 0 aliphatic rings. The standard InChI is InChI=1S/C17H21FN2/c1-3-5-13-6-4-7-14(10-13)17(20-19)15-8-12(2)9-16(18)11-15/h4,6-11,17,20H,3,5,19H2,1-2H3. The summed E-state index contributed by atoms with van der Waals surface area (Å²) >= 11 is 0. The van der Waals surface area contributed by atoms with Crippen LogP contribution in [0.5, 0.6) is 0 Å². The molecule has 0 spiro atoms. The van der Waals surface area contributed by atoms with Gasteiger partial charge in [0.05, 0.1) is 6.04 Å². The smallest absolute Gasteiger partial charge is 0.123 e. The summed E-state index contributed by atoms with van der Waals surface area (Å²) in [5, 5.41) is 0. The van der Waals surface area contributed by atoms with Gasteiger partial charge in [0.15, 0.2) is 0 Å². The van der Waals surface area contributed by atoms with Crippen LogP contribution in [0.3, 0.4) is 0 Å². The lowest BCUT2D eigenvalue weighted by atomic mass is 9.95. The Kier molecular flexibility index (Phi) is 4.88. The summed E-state index contributed by atoms with van der Waals surface area (Å²) in [6.45, 7) is 4.04. The zero-order valence-corrected chi connectivity index (χ0v) is 12.0. The summed E-state index contributed by atoms with van der Waals surface area (Å²) in [6, 6.07) is 13.1. The van der Waals surface area contributed by atoms with Gasteiger partial charge in [-0.15, -0.1) is 0 Å². The maximum absolute atomic E-state index is 13.6. The van der Waals surface area contributed by atoms with Gasteiger partial charge in [-0.1, -0.05) is 43.7 Å². The van der Waals surface area contributed by atoms with E-state index in [0.29, 0.717) is 0 Å². The van der Waals surface area contributed by atoms with Crippen molar-refractivity contribution in [1.29, 1.82) is 0 Å². The van der Waals surface area contributed by atoms with E-state index in [4.69, 9.17) is 5.84 Å². The lowest BCUT2D eigenvalue weighted by Gasteiger charge is -2.18. The molecule has 0 aliphatic heterocycles. The van der Waals surface area contributed by atoms with Crippen LogP contribution in [0.2, 0.25) is 0 Å². The summed E-state index contributed by atoms with van der Waals surface area (Å²) in [7, 11) is 0. The molecule has 3 heteroatoms. The molecule has 2 nitrogen and oxygen atoms in total. The van der Waals surface area contributed by atoms with Gasteiger partial charge in [-0.25, -0.2) is 9.82 Å². The van der Waals surface area contributed by atoms with E-state index in [0.717, 1.165) is 29.5 Å². The highest BCUT2D eigenvalue weighted by Crippen LogP contribution is 2.24. The number of hydrazine groups is 1. The third-order valence-electron chi connectivity index (χ3n) is 3.39. The molecule has 0 bridgehead atoms. The van der Waals surface area contributed by atoms with Crippen LogP contribution in [0.1, 0.15) is 41.6 Å². The van der Waals surface area contributed by atoms with E-state index in [9.17, 15) is 4.39 Å². The van der Waals surface area contributed by atoms with Crippen LogP contribution in [0.15, 0.2) is 42.5 Å². The van der Waals surface area contributed by atoms with Crippen molar-refractivity contribution in [3.8, 4) is 0 Å². The Bertz CT molecular complexity index is 561. The SMILES string of the molecule is CCCc1cccc(C(NN)c2cc(C)cc(F)c2)c1. The second-order valence-corrected chi connectivity index (χ2v) is 5.16. The molecular weight excluding hydrogens is 251 g/mol. The van der Waals surface area contributed by atoms with Crippen molar-refractivity contribution in [3.05, 3.63) is 70.5 Å². The van der Waals surface area contributed by atoms with Gasteiger partial charge in [-0.2, -0.15) is 0 Å². The fraction of sp³-hybridized carbons (Fsp3) is 0.294. The van der Waals surface area contributed by atoms with Crippen molar-refractivity contribution in [2.24, 2.45) is 5.84 Å². The molecule has 2 aromatic carbocycles. The van der Waals surface area contributed by atoms with Gasteiger partial charge in [0.1, 0.15) is 5.82 Å². The highest BCUT2D eigenvalue weighted by Gasteiger charge is 2.14. The molecule has 0 aromatic heterocycles. The maximum Gasteiger partial charge on any atom is 0.123 e. The van der Waals surface area contributed by atoms with Crippen molar-refractivity contribution in [3.63, 3.8) is 0 Å². The second-order valence-electron chi connectivity index (χ2n) is 5.16. The second kappa shape index (κ2) is 6.64. The predicted octanol–water partition coefficient (Wildman–Crippen LogP) is 3.64. The van der Waals surface area contributed by atoms with Gasteiger partial charge in [0, 0.05) is 0 Å². The number of halogens is 1. The number of rotatable bonds is 5. The first-order valence-electron chi connectivity index (χ1n) is 6.96. The average Bonchev–Trinajstić information content (AvgIpc) is 2.39. The van der Waals surface area contributed by atoms with E-state index in [2.05, 4.69) is 24.5 Å². The van der Waals surface area contributed by atoms with Crippen molar-refractivity contribution in [2.45, 2.75) is 32.7 Å². The fourth-order valence-corrected chi connectivity index (χ4v) is 2.53. The molecule has 0 saturated heterocycles. The number of hydrogen-bond acceptors (Lipinski definition) is 2. The summed E-state index contributed by atoms with van der Waals surface area (Å²) < 4.78 is 13.6. The lowest BCUT2D eigenvalue weighted by Crippen LogP contribution is -2.29. The first kappa shape index (κ1) is 14.7. The first-order chi connectivity index (χ1) is 9.63. The maximum atomic E-state index is 13.6. The Hall–Kier alpha value is -1.71. The van der Waals surface area contributed by atoms with Gasteiger partial charge in [0.25, 0.3) is 0 Å². The van der Waals surface area contributed by atoms with Crippen LogP contribution in [0.4, 0.5) is 4.39 Å². The summed E-state index contributed by atoms with van der Waals surface area (Å²) in [4.78, 5) is 0. The zero-order valence-electron chi connectivity index (χ0n) is 12.0. The van der Waals surface area contributed by atoms with E-state index >= 15 is 0 Å². The fourth-order valence-electron chi connectivity index (χ4n) is 2.53. The number of nitrogens with one attached hydrogen (secondary N) is 1. The summed E-state index contributed by atoms with van der Waals surface area (Å²) in [6.07, 6.45) is 2.14. The average molecular weight is 272 g/mol. The Morgan fingerprint density at radius 1 is 1.15 bits per heavy atom. The van der Waals surface area contributed by atoms with Crippen LogP contribution < -0.4 is 11.3 Å². The van der Waals surface area contributed by atoms with E-state index < -0.39 is 0 Å². The molecule has 0 radical (unpaired) electrons. The van der Waals surface area contributed by atoms with Crippen molar-refractivity contribution in [2.75, 3.05) is 0 Å². The normalized spacial score (nSPS) is 12.4. The highest BCUT2D eigenvalue weighted by molar-refractivity contribution is 5.36. The Labute approximate surface area is 119 Å². The molecule has 1 unspecified atom stereocenters. The quantitative estimate of drug-likeness (QED) is 0.644. The highest BCUT2D eigenvalue weighted by atomic mass is 19.1. The Morgan fingerprint density at radius 3 is 2.60 bits per heavy atom. The molecule has 106 valence electrons. The predicted molar refractivity (Wildman–Crippen MR) is 80.7 cm³/mol. The van der Waals surface area contributed by atoms with Gasteiger partial charge >= 0.3 is 0 Å². The third-order valence-corrected chi connectivity index (χ3v) is 3.39. The van der Waals surface area contributed by atoms with Gasteiger partial charge in [0.2, 0.25) is 0 Å². The summed E-state index contributed by atoms with van der Waals surface area (Å²) in [5.41, 5.74) is 6.87. The van der Waals surface area contributed by atoms with E-state index in [1.165, 1.54) is 17.7 Å². The van der Waals surface area contributed by atoms with Crippen molar-refractivity contribution >= 4 is 0 Å². The van der Waals surface area contributed by atoms with Crippen molar-refractivity contribution in [1.82, 2.24) is 5.43 Å². The molecule has 0 amide bonds. The minimum Gasteiger partial charge on any atom is -0.271 e. The lowest BCUT2D eigenvalue weighted by molar-refractivity contribution is 0.603. The van der Waals surface area contributed by atoms with Crippen LogP contribution in [0.25, 0.3) is 0 Å². The molecule has 2 rings (SSSR count). The van der Waals surface area contributed by atoms with Gasteiger partial charge in [-0.3, -0.25) is 5.84 Å². The van der Waals surface area contributed by atoms with Crippen LogP contribution in [-0.2, 0) is 6.42 Å². The molecule has 0 saturated carbocycles. The minimum absolute atomic E-state index is 0.193. The molecule has 0 heterocycles. The molecule has 0 aliphatic carbocycles. The van der Waals surface area contributed by atoms with E-state index in [-0.39, 0.29) is 11.9 Å². The van der Waals surface area contributed by atoms with Crippen LogP contribution in [0, 0.1) is 12.7 Å². The molecule has 3 N–H and O–H groups in total. The number of aryl methyl sites for hydroxylation is 2. The van der Waals surface area contributed by atoms with Crippen LogP contribution >= 0.6 is 0 Å². The summed E-state index contributed by atoms with van der Waals surface area (Å²) in [5.74, 6) is 5.46. The van der Waals surface area contributed by atoms with Gasteiger partial charge < -0.3 is 0 Å². The Morgan fingerprint density at radius 2 is 1.95 bits per heavy atom. The largest absolute Gasteiger partial charge is 0.271 e. The van der Waals surface area contributed by atoms with Crippen LogP contribution in [-0.4, -0.2) is 0 Å². The zero-order chi connectivity index (χ0) is 14.5. The molecular formula is C17H21FN2. The molecule has 20 heavy (non-hydrogen) atoms. The Balaban J connectivity index is 2.38. The molecule has 0 fully saturated rings. The topological polar surface area (TPSA) is 38.0 Å². The third kappa shape index (κ3) is 3.44. The van der Waals surface area contributed by atoms with Crippen molar-refractivity contribution < 1.29 is 4.39 Å². The number of benzene rings is 2. The number of nitrogens with two attached hydrogens (primary N) is 1. The monoisotopic (exact) mass is 272 g/mol.